The molecule has 2 heterocycles. The third-order valence-corrected chi connectivity index (χ3v) is 7.43. The molecule has 34 heavy (non-hydrogen) atoms. The van der Waals surface area contributed by atoms with E-state index in [0.717, 1.165) is 58.1 Å². The van der Waals surface area contributed by atoms with Gasteiger partial charge in [-0.25, -0.2) is 4.98 Å². The zero-order valence-electron chi connectivity index (χ0n) is 19.6. The quantitative estimate of drug-likeness (QED) is 0.388. The fraction of sp³-hybridized carbons (Fsp3) is 0.367. The Labute approximate surface area is 208 Å². The minimum atomic E-state index is 0.731. The first-order valence-electron chi connectivity index (χ1n) is 12.4. The van der Waals surface area contributed by atoms with Crippen molar-refractivity contribution in [3.05, 3.63) is 83.1 Å². The van der Waals surface area contributed by atoms with Gasteiger partial charge in [-0.2, -0.15) is 0 Å². The average Bonchev–Trinajstić information content (AvgIpc) is 2.89. The Hall–Kier alpha value is -2.80. The molecule has 5 rings (SSSR count). The van der Waals surface area contributed by atoms with E-state index in [1.807, 2.05) is 66.9 Å². The van der Waals surface area contributed by atoms with Crippen LogP contribution in [0.3, 0.4) is 0 Å². The molecule has 1 aliphatic heterocycles. The van der Waals surface area contributed by atoms with E-state index in [-0.39, 0.29) is 0 Å². The molecule has 0 N–H and O–H groups in total. The molecule has 174 valence electrons. The van der Waals surface area contributed by atoms with E-state index in [9.17, 15) is 0 Å². The molecule has 4 heteroatoms. The van der Waals surface area contributed by atoms with Crippen molar-refractivity contribution >= 4 is 11.6 Å². The van der Waals surface area contributed by atoms with Crippen molar-refractivity contribution in [3.8, 4) is 28.7 Å². The second-order valence-corrected chi connectivity index (χ2v) is 9.89. The lowest BCUT2D eigenvalue weighted by atomic mass is 9.75. The van der Waals surface area contributed by atoms with Gasteiger partial charge >= 0.3 is 0 Å². The van der Waals surface area contributed by atoms with Crippen LogP contribution in [0.2, 0.25) is 5.02 Å². The van der Waals surface area contributed by atoms with Gasteiger partial charge in [0.15, 0.2) is 0 Å². The maximum Gasteiger partial charge on any atom is 0.119 e. The second-order valence-electron chi connectivity index (χ2n) is 9.46. The van der Waals surface area contributed by atoms with Crippen LogP contribution in [-0.4, -0.2) is 36.1 Å². The van der Waals surface area contributed by atoms with Gasteiger partial charge in [0.1, 0.15) is 18.1 Å². The van der Waals surface area contributed by atoms with E-state index in [1.165, 1.54) is 45.2 Å². The van der Waals surface area contributed by atoms with Crippen LogP contribution in [0.15, 0.2) is 66.9 Å². The van der Waals surface area contributed by atoms with E-state index in [4.69, 9.17) is 16.3 Å². The summed E-state index contributed by atoms with van der Waals surface area (Å²) in [6.07, 6.45) is 8.96. The van der Waals surface area contributed by atoms with E-state index in [0.29, 0.717) is 0 Å². The van der Waals surface area contributed by atoms with E-state index in [1.54, 1.807) is 0 Å². The molecule has 2 fully saturated rings. The molecule has 2 aromatic carbocycles. The first-order valence-corrected chi connectivity index (χ1v) is 12.8. The molecule has 1 aliphatic carbocycles. The van der Waals surface area contributed by atoms with Crippen molar-refractivity contribution < 1.29 is 4.74 Å². The number of benzene rings is 2. The van der Waals surface area contributed by atoms with Crippen molar-refractivity contribution in [1.82, 2.24) is 9.88 Å². The third kappa shape index (κ3) is 6.00. The predicted octanol–water partition coefficient (Wildman–Crippen LogP) is 6.69. The third-order valence-electron chi connectivity index (χ3n) is 7.18. The monoisotopic (exact) mass is 470 g/mol. The molecule has 0 spiro atoms. The summed E-state index contributed by atoms with van der Waals surface area (Å²) >= 11 is 5.97. The molecular weight excluding hydrogens is 440 g/mol. The lowest BCUT2D eigenvalue weighted by molar-refractivity contribution is 0.0766. The number of rotatable bonds is 5. The van der Waals surface area contributed by atoms with Crippen molar-refractivity contribution in [2.24, 2.45) is 11.8 Å². The number of halogens is 1. The van der Waals surface area contributed by atoms with Crippen molar-refractivity contribution in [3.63, 3.8) is 0 Å². The Morgan fingerprint density at radius 3 is 2.38 bits per heavy atom. The van der Waals surface area contributed by atoms with Crippen molar-refractivity contribution in [1.29, 1.82) is 0 Å². The Morgan fingerprint density at radius 1 is 0.853 bits per heavy atom. The molecule has 0 amide bonds. The summed E-state index contributed by atoms with van der Waals surface area (Å²) in [5.41, 5.74) is 3.84. The van der Waals surface area contributed by atoms with Crippen LogP contribution >= 0.6 is 11.6 Å². The van der Waals surface area contributed by atoms with Gasteiger partial charge in [-0.3, -0.25) is 4.90 Å². The number of piperidine rings is 1. The van der Waals surface area contributed by atoms with Gasteiger partial charge in [0.2, 0.25) is 0 Å². The van der Waals surface area contributed by atoms with Crippen LogP contribution in [-0.2, 0) is 0 Å². The zero-order chi connectivity index (χ0) is 23.2. The fourth-order valence-electron chi connectivity index (χ4n) is 5.22. The minimum absolute atomic E-state index is 0.731. The lowest BCUT2D eigenvalue weighted by Crippen LogP contribution is -2.43. The lowest BCUT2D eigenvalue weighted by Gasteiger charge is -2.41. The molecule has 2 atom stereocenters. The summed E-state index contributed by atoms with van der Waals surface area (Å²) in [4.78, 5) is 7.08. The molecule has 0 radical (unpaired) electrons. The summed E-state index contributed by atoms with van der Waals surface area (Å²) in [6, 6.07) is 19.8. The number of hydrogen-bond acceptors (Lipinski definition) is 3. The fourth-order valence-corrected chi connectivity index (χ4v) is 5.35. The van der Waals surface area contributed by atoms with Gasteiger partial charge in [-0.1, -0.05) is 55.0 Å². The number of likely N-dealkylation sites (tertiary alicyclic amines) is 1. The van der Waals surface area contributed by atoms with E-state index >= 15 is 0 Å². The van der Waals surface area contributed by atoms with Gasteiger partial charge in [0, 0.05) is 35.4 Å². The Bertz CT molecular complexity index is 1130. The van der Waals surface area contributed by atoms with E-state index < -0.39 is 0 Å². The molecule has 0 bridgehead atoms. The average molecular weight is 471 g/mol. The second kappa shape index (κ2) is 11.1. The van der Waals surface area contributed by atoms with Crippen LogP contribution in [0, 0.1) is 23.7 Å². The topological polar surface area (TPSA) is 25.4 Å². The van der Waals surface area contributed by atoms with Crippen molar-refractivity contribution in [2.45, 2.75) is 32.1 Å². The van der Waals surface area contributed by atoms with Crippen LogP contribution in [0.25, 0.3) is 11.1 Å². The first-order chi connectivity index (χ1) is 16.7. The number of nitrogens with zero attached hydrogens (tertiary/aromatic N) is 2. The SMILES string of the molecule is Clc1ccc(-c2ccc(C#Cc3ccc(OCCN4CC[C@H]5CCCC[C@@H]5C4)cc3)nc2)cc1. The molecule has 2 aliphatic rings. The van der Waals surface area contributed by atoms with Gasteiger partial charge in [-0.05, 0) is 85.2 Å². The van der Waals surface area contributed by atoms with E-state index in [2.05, 4.69) is 21.7 Å². The maximum absolute atomic E-state index is 6.01. The maximum atomic E-state index is 6.01. The van der Waals surface area contributed by atoms with Crippen LogP contribution < -0.4 is 4.74 Å². The minimum Gasteiger partial charge on any atom is -0.492 e. The molecule has 3 aromatic rings. The van der Waals surface area contributed by atoms with Gasteiger partial charge in [0.05, 0.1) is 0 Å². The normalized spacial score (nSPS) is 20.1. The van der Waals surface area contributed by atoms with Crippen molar-refractivity contribution in [2.75, 3.05) is 26.2 Å². The van der Waals surface area contributed by atoms with Gasteiger partial charge < -0.3 is 4.74 Å². The largest absolute Gasteiger partial charge is 0.492 e. The molecule has 1 saturated heterocycles. The highest BCUT2D eigenvalue weighted by atomic mass is 35.5. The van der Waals surface area contributed by atoms with Crippen LogP contribution in [0.1, 0.15) is 43.4 Å². The number of fused-ring (bicyclic) bond motifs is 1. The molecule has 3 nitrogen and oxygen atoms in total. The number of pyridine rings is 1. The highest BCUT2D eigenvalue weighted by Crippen LogP contribution is 2.35. The summed E-state index contributed by atoms with van der Waals surface area (Å²) in [6.45, 7) is 4.25. The summed E-state index contributed by atoms with van der Waals surface area (Å²) in [7, 11) is 0. The predicted molar refractivity (Wildman–Crippen MR) is 139 cm³/mol. The molecule has 1 aromatic heterocycles. The Kier molecular flexibility index (Phi) is 7.49. The Balaban J connectivity index is 1.10. The van der Waals surface area contributed by atoms with Gasteiger partial charge in [-0.15, -0.1) is 0 Å². The molecular formula is C30H31ClN2O. The highest BCUT2D eigenvalue weighted by molar-refractivity contribution is 6.30. The zero-order valence-corrected chi connectivity index (χ0v) is 20.3. The Morgan fingerprint density at radius 2 is 1.62 bits per heavy atom. The summed E-state index contributed by atoms with van der Waals surface area (Å²) in [5.74, 6) is 9.15. The first kappa shape index (κ1) is 23.0. The number of aromatic nitrogens is 1. The summed E-state index contributed by atoms with van der Waals surface area (Å²) < 4.78 is 6.01. The van der Waals surface area contributed by atoms with Crippen LogP contribution in [0.5, 0.6) is 5.75 Å². The van der Waals surface area contributed by atoms with Crippen LogP contribution in [0.4, 0.5) is 0 Å². The number of hydrogen-bond donors (Lipinski definition) is 0. The molecule has 1 saturated carbocycles. The highest BCUT2D eigenvalue weighted by Gasteiger charge is 2.30. The molecule has 0 unspecified atom stereocenters. The smallest absolute Gasteiger partial charge is 0.119 e. The number of ether oxygens (including phenoxy) is 1. The standard InChI is InChI=1S/C30H31ClN2O/c31-28-11-8-25(9-12-28)26-10-14-29(32-21-26)13-5-23-6-15-30(16-7-23)34-20-19-33-18-17-24-3-1-2-4-27(24)22-33/h6-12,14-16,21,24,27H,1-4,17-20,22H2/t24-,27-/m1/s1. The summed E-state index contributed by atoms with van der Waals surface area (Å²) in [5, 5.41) is 0.731. The van der Waals surface area contributed by atoms with Gasteiger partial charge in [0.25, 0.3) is 0 Å².